The van der Waals surface area contributed by atoms with Gasteiger partial charge < -0.3 is 20.9 Å². The van der Waals surface area contributed by atoms with Crippen molar-refractivity contribution in [2.24, 2.45) is 0 Å². The molecule has 1 aromatic heterocycles. The van der Waals surface area contributed by atoms with Crippen LogP contribution in [-0.2, 0) is 0 Å². The van der Waals surface area contributed by atoms with Crippen molar-refractivity contribution in [3.63, 3.8) is 0 Å². The molecular weight excluding hydrogens is 423 g/mol. The number of hydrogen-bond donors (Lipinski definition) is 3. The number of carbonyl (C=O) groups excluding carboxylic acids is 2. The van der Waals surface area contributed by atoms with Crippen LogP contribution in [-0.4, -0.2) is 66.1 Å². The molecule has 33 heavy (non-hydrogen) atoms. The molecule has 2 aromatic carbocycles. The lowest BCUT2D eigenvalue weighted by Gasteiger charge is -2.34. The van der Waals surface area contributed by atoms with Crippen molar-refractivity contribution in [2.45, 2.75) is 6.92 Å². The third kappa shape index (κ3) is 5.95. The molecule has 3 N–H and O–H groups in total. The summed E-state index contributed by atoms with van der Waals surface area (Å²) in [6, 6.07) is 14.9. The molecule has 1 saturated heterocycles. The monoisotopic (exact) mass is 450 g/mol. The number of benzene rings is 2. The number of aromatic nitrogens is 1. The van der Waals surface area contributed by atoms with Gasteiger partial charge in [-0.3, -0.25) is 9.88 Å². The summed E-state index contributed by atoms with van der Waals surface area (Å²) in [7, 11) is 0. The fourth-order valence-corrected chi connectivity index (χ4v) is 3.85. The molecular formula is C24H27FN6O2. The summed E-state index contributed by atoms with van der Waals surface area (Å²) in [5.41, 5.74) is 2.85. The number of hydrogen-bond acceptors (Lipinski definition) is 4. The molecule has 172 valence electrons. The SMILES string of the molecule is Cc1cc(NC(=O)NCCN2CCN(C(=O)Nc3cccc(F)c3)CC2)c2ccccc2n1. The van der Waals surface area contributed by atoms with Crippen LogP contribution in [0.15, 0.2) is 54.6 Å². The quantitative estimate of drug-likeness (QED) is 0.554. The molecule has 4 rings (SSSR count). The van der Waals surface area contributed by atoms with Gasteiger partial charge in [-0.05, 0) is 37.3 Å². The largest absolute Gasteiger partial charge is 0.337 e. The minimum atomic E-state index is -0.388. The molecule has 0 atom stereocenters. The fraction of sp³-hybridized carbons (Fsp3) is 0.292. The number of amides is 4. The van der Waals surface area contributed by atoms with Crippen molar-refractivity contribution < 1.29 is 14.0 Å². The van der Waals surface area contributed by atoms with Gasteiger partial charge in [0.15, 0.2) is 0 Å². The molecule has 4 amide bonds. The lowest BCUT2D eigenvalue weighted by Crippen LogP contribution is -2.51. The summed E-state index contributed by atoms with van der Waals surface area (Å²) in [5, 5.41) is 9.43. The van der Waals surface area contributed by atoms with Crippen LogP contribution in [0.4, 0.5) is 25.4 Å². The van der Waals surface area contributed by atoms with E-state index in [2.05, 4.69) is 25.8 Å². The van der Waals surface area contributed by atoms with E-state index in [1.165, 1.54) is 12.1 Å². The highest BCUT2D eigenvalue weighted by molar-refractivity contribution is 6.00. The average molecular weight is 451 g/mol. The molecule has 0 unspecified atom stereocenters. The molecule has 0 aliphatic carbocycles. The van der Waals surface area contributed by atoms with Crippen LogP contribution in [0.1, 0.15) is 5.69 Å². The summed E-state index contributed by atoms with van der Waals surface area (Å²) >= 11 is 0. The number of piperazine rings is 1. The first-order chi connectivity index (χ1) is 16.0. The Balaban J connectivity index is 1.20. The number of nitrogens with one attached hydrogen (secondary N) is 3. The van der Waals surface area contributed by atoms with E-state index >= 15 is 0 Å². The third-order valence-corrected chi connectivity index (χ3v) is 5.54. The van der Waals surface area contributed by atoms with Crippen LogP contribution in [0.5, 0.6) is 0 Å². The highest BCUT2D eigenvalue weighted by atomic mass is 19.1. The van der Waals surface area contributed by atoms with Crippen molar-refractivity contribution in [2.75, 3.05) is 49.9 Å². The summed E-state index contributed by atoms with van der Waals surface area (Å²) in [4.78, 5) is 33.2. The molecule has 2 heterocycles. The zero-order valence-electron chi connectivity index (χ0n) is 18.5. The van der Waals surface area contributed by atoms with Crippen LogP contribution in [0.2, 0.25) is 0 Å². The Kier molecular flexibility index (Phi) is 6.99. The Morgan fingerprint density at radius 2 is 1.79 bits per heavy atom. The van der Waals surface area contributed by atoms with Crippen molar-refractivity contribution in [3.8, 4) is 0 Å². The molecule has 9 heteroatoms. The molecule has 0 bridgehead atoms. The topological polar surface area (TPSA) is 89.6 Å². The summed E-state index contributed by atoms with van der Waals surface area (Å²) in [6.45, 7) is 5.60. The normalized spacial score (nSPS) is 14.2. The van der Waals surface area contributed by atoms with E-state index in [0.717, 1.165) is 22.3 Å². The van der Waals surface area contributed by atoms with Gasteiger partial charge >= 0.3 is 12.1 Å². The van der Waals surface area contributed by atoms with Crippen LogP contribution in [0, 0.1) is 12.7 Å². The number of urea groups is 2. The van der Waals surface area contributed by atoms with Crippen molar-refractivity contribution in [1.29, 1.82) is 0 Å². The fourth-order valence-electron chi connectivity index (χ4n) is 3.85. The number of aryl methyl sites for hydroxylation is 1. The van der Waals surface area contributed by atoms with Crippen LogP contribution in [0.25, 0.3) is 10.9 Å². The maximum absolute atomic E-state index is 13.3. The molecule has 0 saturated carbocycles. The van der Waals surface area contributed by atoms with Gasteiger partial charge in [0.2, 0.25) is 0 Å². The van der Waals surface area contributed by atoms with Gasteiger partial charge in [0.05, 0.1) is 11.2 Å². The minimum Gasteiger partial charge on any atom is -0.337 e. The van der Waals surface area contributed by atoms with Gasteiger partial charge in [-0.25, -0.2) is 14.0 Å². The second kappa shape index (κ2) is 10.3. The third-order valence-electron chi connectivity index (χ3n) is 5.54. The number of anilines is 2. The van der Waals surface area contributed by atoms with Gasteiger partial charge in [-0.2, -0.15) is 0 Å². The predicted octanol–water partition coefficient (Wildman–Crippen LogP) is 3.65. The number of halogens is 1. The second-order valence-electron chi connectivity index (χ2n) is 7.98. The standard InChI is InChI=1S/C24H27FN6O2/c1-17-15-22(20-7-2-3-8-21(20)27-17)29-23(32)26-9-10-30-11-13-31(14-12-30)24(33)28-19-6-4-5-18(25)16-19/h2-8,15-16H,9-14H2,1H3,(H,28,33)(H2,26,27,29,32). The number of carbonyl (C=O) groups is 2. The van der Waals surface area contributed by atoms with E-state index in [1.54, 1.807) is 17.0 Å². The van der Waals surface area contributed by atoms with Gasteiger partial charge in [0.25, 0.3) is 0 Å². The Labute approximate surface area is 191 Å². The van der Waals surface area contributed by atoms with E-state index in [0.29, 0.717) is 45.0 Å². The zero-order chi connectivity index (χ0) is 23.2. The highest BCUT2D eigenvalue weighted by Crippen LogP contribution is 2.22. The van der Waals surface area contributed by atoms with E-state index in [1.807, 2.05) is 37.3 Å². The van der Waals surface area contributed by atoms with Crippen LogP contribution < -0.4 is 16.0 Å². The minimum absolute atomic E-state index is 0.238. The lowest BCUT2D eigenvalue weighted by molar-refractivity contribution is 0.148. The van der Waals surface area contributed by atoms with Gasteiger partial charge in [-0.15, -0.1) is 0 Å². The van der Waals surface area contributed by atoms with E-state index in [4.69, 9.17) is 0 Å². The first kappa shape index (κ1) is 22.5. The maximum Gasteiger partial charge on any atom is 0.321 e. The number of pyridine rings is 1. The average Bonchev–Trinajstić information content (AvgIpc) is 2.79. The molecule has 1 aliphatic rings. The Hall–Kier alpha value is -3.72. The molecule has 0 radical (unpaired) electrons. The smallest absolute Gasteiger partial charge is 0.321 e. The molecule has 1 fully saturated rings. The number of para-hydroxylation sites is 1. The summed E-state index contributed by atoms with van der Waals surface area (Å²) in [5.74, 6) is -0.388. The van der Waals surface area contributed by atoms with Crippen molar-refractivity contribution in [3.05, 3.63) is 66.1 Å². The first-order valence-corrected chi connectivity index (χ1v) is 10.9. The van der Waals surface area contributed by atoms with E-state index in [9.17, 15) is 14.0 Å². The van der Waals surface area contributed by atoms with Gasteiger partial charge in [0.1, 0.15) is 5.82 Å². The Bertz CT molecular complexity index is 1150. The number of nitrogens with zero attached hydrogens (tertiary/aromatic N) is 3. The summed E-state index contributed by atoms with van der Waals surface area (Å²) < 4.78 is 13.3. The summed E-state index contributed by atoms with van der Waals surface area (Å²) in [6.07, 6.45) is 0. The molecule has 3 aromatic rings. The zero-order valence-corrected chi connectivity index (χ0v) is 18.5. The molecule has 1 aliphatic heterocycles. The molecule has 0 spiro atoms. The van der Waals surface area contributed by atoms with Crippen LogP contribution >= 0.6 is 0 Å². The van der Waals surface area contributed by atoms with E-state index in [-0.39, 0.29) is 17.9 Å². The van der Waals surface area contributed by atoms with Gasteiger partial charge in [-0.1, -0.05) is 24.3 Å². The highest BCUT2D eigenvalue weighted by Gasteiger charge is 2.21. The van der Waals surface area contributed by atoms with Gasteiger partial charge in [0, 0.05) is 56.0 Å². The lowest BCUT2D eigenvalue weighted by atomic mass is 10.1. The van der Waals surface area contributed by atoms with Crippen LogP contribution in [0.3, 0.4) is 0 Å². The Morgan fingerprint density at radius 1 is 1.00 bits per heavy atom. The number of fused-ring (bicyclic) bond motifs is 1. The predicted molar refractivity (Wildman–Crippen MR) is 127 cm³/mol. The number of rotatable bonds is 5. The van der Waals surface area contributed by atoms with Crippen molar-refractivity contribution >= 4 is 34.3 Å². The Morgan fingerprint density at radius 3 is 2.58 bits per heavy atom. The first-order valence-electron chi connectivity index (χ1n) is 10.9. The van der Waals surface area contributed by atoms with E-state index < -0.39 is 0 Å². The maximum atomic E-state index is 13.3. The van der Waals surface area contributed by atoms with Crippen molar-refractivity contribution in [1.82, 2.24) is 20.1 Å². The second-order valence-corrected chi connectivity index (χ2v) is 7.98. The molecule has 8 nitrogen and oxygen atoms in total.